The van der Waals surface area contributed by atoms with Crippen molar-refractivity contribution in [1.29, 1.82) is 0 Å². The molecule has 126 valence electrons. The molecule has 0 radical (unpaired) electrons. The Morgan fingerprint density at radius 1 is 1.38 bits per heavy atom. The summed E-state index contributed by atoms with van der Waals surface area (Å²) < 4.78 is 6.97. The van der Waals surface area contributed by atoms with Gasteiger partial charge in [-0.3, -0.25) is 4.90 Å². The zero-order chi connectivity index (χ0) is 17.4. The zero-order valence-electron chi connectivity index (χ0n) is 14.3. The number of ether oxygens (including phenoxy) is 1. The summed E-state index contributed by atoms with van der Waals surface area (Å²) in [4.78, 5) is 18.3. The van der Waals surface area contributed by atoms with Gasteiger partial charge < -0.3 is 4.74 Å². The van der Waals surface area contributed by atoms with Crippen molar-refractivity contribution >= 4 is 5.97 Å². The van der Waals surface area contributed by atoms with E-state index in [1.807, 2.05) is 6.07 Å². The van der Waals surface area contributed by atoms with E-state index in [0.717, 1.165) is 18.8 Å². The first-order valence-corrected chi connectivity index (χ1v) is 8.00. The molecule has 1 aromatic carbocycles. The van der Waals surface area contributed by atoms with Crippen LogP contribution in [-0.2, 0) is 4.74 Å². The molecular formula is C18H22N4O2. The maximum atomic E-state index is 12.2. The first kappa shape index (κ1) is 17.7. The van der Waals surface area contributed by atoms with E-state index in [1.165, 1.54) is 6.33 Å². The molecule has 2 rings (SSSR count). The van der Waals surface area contributed by atoms with Gasteiger partial charge in [0.15, 0.2) is 6.10 Å². The molecule has 0 fully saturated rings. The lowest BCUT2D eigenvalue weighted by atomic mass is 10.2. The quantitative estimate of drug-likeness (QED) is 0.601. The van der Waals surface area contributed by atoms with Gasteiger partial charge in [-0.1, -0.05) is 31.8 Å². The lowest BCUT2D eigenvalue weighted by Crippen LogP contribution is -2.23. The van der Waals surface area contributed by atoms with Gasteiger partial charge in [-0.2, -0.15) is 5.10 Å². The van der Waals surface area contributed by atoms with Crippen molar-refractivity contribution in [2.45, 2.75) is 26.9 Å². The Balaban J connectivity index is 1.97. The Kier molecular flexibility index (Phi) is 6.52. The van der Waals surface area contributed by atoms with E-state index >= 15 is 0 Å². The summed E-state index contributed by atoms with van der Waals surface area (Å²) >= 11 is 0. The third-order valence-corrected chi connectivity index (χ3v) is 3.55. The summed E-state index contributed by atoms with van der Waals surface area (Å²) in [7, 11) is 0. The van der Waals surface area contributed by atoms with E-state index < -0.39 is 12.1 Å². The van der Waals surface area contributed by atoms with Gasteiger partial charge in [0.05, 0.1) is 17.8 Å². The maximum absolute atomic E-state index is 12.2. The normalized spacial score (nSPS) is 11.7. The van der Waals surface area contributed by atoms with Crippen LogP contribution in [0.5, 0.6) is 0 Å². The number of carbonyl (C=O) groups excluding carboxylic acids is 1. The Morgan fingerprint density at radius 2 is 2.17 bits per heavy atom. The molecule has 0 saturated heterocycles. The molecule has 0 spiro atoms. The van der Waals surface area contributed by atoms with E-state index in [9.17, 15) is 4.79 Å². The first-order valence-electron chi connectivity index (χ1n) is 8.00. The molecule has 0 N–H and O–H groups in total. The molecule has 1 atom stereocenters. The summed E-state index contributed by atoms with van der Waals surface area (Å²) in [6, 6.07) is 7.05. The van der Waals surface area contributed by atoms with Crippen LogP contribution in [0.15, 0.2) is 36.9 Å². The van der Waals surface area contributed by atoms with Crippen LogP contribution in [0.25, 0.3) is 5.69 Å². The van der Waals surface area contributed by atoms with Crippen LogP contribution < -0.4 is 0 Å². The van der Waals surface area contributed by atoms with Crippen molar-refractivity contribution in [3.63, 3.8) is 0 Å². The van der Waals surface area contributed by atoms with Crippen molar-refractivity contribution in [2.75, 3.05) is 19.6 Å². The summed E-state index contributed by atoms with van der Waals surface area (Å²) in [6.07, 6.45) is 2.56. The van der Waals surface area contributed by atoms with Gasteiger partial charge in [0, 0.05) is 0 Å². The van der Waals surface area contributed by atoms with Crippen molar-refractivity contribution in [2.24, 2.45) is 0 Å². The third-order valence-electron chi connectivity index (χ3n) is 3.55. The van der Waals surface area contributed by atoms with Gasteiger partial charge in [0.1, 0.15) is 12.7 Å². The molecule has 1 aromatic heterocycles. The molecule has 0 saturated carbocycles. The van der Waals surface area contributed by atoms with Crippen molar-refractivity contribution in [3.8, 4) is 17.5 Å². The van der Waals surface area contributed by atoms with Gasteiger partial charge in [-0.25, -0.2) is 14.5 Å². The average Bonchev–Trinajstić information content (AvgIpc) is 3.13. The standard InChI is InChI=1S/C18H22N4O2/c1-4-21(5-2)11-7-8-15(3)24-18(23)16-9-6-10-17(12-16)22-14-19-13-20-22/h6,9-10,12-15H,4-5,11H2,1-3H3. The van der Waals surface area contributed by atoms with Crippen LogP contribution in [0, 0.1) is 11.8 Å². The molecule has 0 aliphatic heterocycles. The molecule has 6 heteroatoms. The smallest absolute Gasteiger partial charge is 0.339 e. The SMILES string of the molecule is CCN(CC)CC#CC(C)OC(=O)c1cccc(-n2cncn2)c1. The Bertz CT molecular complexity index is 712. The van der Waals surface area contributed by atoms with Crippen molar-refractivity contribution in [1.82, 2.24) is 19.7 Å². The molecule has 0 aliphatic carbocycles. The van der Waals surface area contributed by atoms with Crippen LogP contribution in [0.3, 0.4) is 0 Å². The highest BCUT2D eigenvalue weighted by Gasteiger charge is 2.11. The second kappa shape index (κ2) is 8.85. The van der Waals surface area contributed by atoms with Crippen LogP contribution in [0.2, 0.25) is 0 Å². The highest BCUT2D eigenvalue weighted by Crippen LogP contribution is 2.11. The second-order valence-corrected chi connectivity index (χ2v) is 5.22. The number of carbonyl (C=O) groups is 1. The highest BCUT2D eigenvalue weighted by molar-refractivity contribution is 5.90. The lowest BCUT2D eigenvalue weighted by Gasteiger charge is -2.13. The molecule has 1 heterocycles. The van der Waals surface area contributed by atoms with E-state index in [4.69, 9.17) is 4.74 Å². The Labute approximate surface area is 142 Å². The summed E-state index contributed by atoms with van der Waals surface area (Å²) in [6.45, 7) is 8.54. The predicted octanol–water partition coefficient (Wildman–Crippen LogP) is 2.16. The predicted molar refractivity (Wildman–Crippen MR) is 91.8 cm³/mol. The Hall–Kier alpha value is -2.65. The van der Waals surface area contributed by atoms with E-state index in [-0.39, 0.29) is 0 Å². The van der Waals surface area contributed by atoms with Crippen molar-refractivity contribution < 1.29 is 9.53 Å². The van der Waals surface area contributed by atoms with Gasteiger partial charge in [0.25, 0.3) is 0 Å². The number of nitrogens with zero attached hydrogens (tertiary/aromatic N) is 4. The minimum Gasteiger partial charge on any atom is -0.446 e. The molecule has 0 aliphatic rings. The lowest BCUT2D eigenvalue weighted by molar-refractivity contribution is 0.0438. The molecule has 2 aromatic rings. The van der Waals surface area contributed by atoms with E-state index in [1.54, 1.807) is 36.1 Å². The largest absolute Gasteiger partial charge is 0.446 e. The highest BCUT2D eigenvalue weighted by atomic mass is 16.5. The van der Waals surface area contributed by atoms with Gasteiger partial charge in [-0.15, -0.1) is 0 Å². The third kappa shape index (κ3) is 4.93. The van der Waals surface area contributed by atoms with Gasteiger partial charge >= 0.3 is 5.97 Å². The summed E-state index contributed by atoms with van der Waals surface area (Å²) in [5.41, 5.74) is 1.21. The van der Waals surface area contributed by atoms with Crippen molar-refractivity contribution in [3.05, 3.63) is 42.5 Å². The summed E-state index contributed by atoms with van der Waals surface area (Å²) in [5, 5.41) is 4.05. The van der Waals surface area contributed by atoms with Gasteiger partial charge in [-0.05, 0) is 38.2 Å². The van der Waals surface area contributed by atoms with E-state index in [2.05, 4.69) is 40.7 Å². The number of hydrogen-bond acceptors (Lipinski definition) is 5. The minimum atomic E-state index is -0.455. The first-order chi connectivity index (χ1) is 11.6. The van der Waals surface area contributed by atoms with Crippen LogP contribution in [-0.4, -0.2) is 51.4 Å². The maximum Gasteiger partial charge on any atom is 0.339 e. The zero-order valence-corrected chi connectivity index (χ0v) is 14.3. The molecular weight excluding hydrogens is 304 g/mol. The minimum absolute atomic E-state index is 0.401. The number of esters is 1. The number of rotatable bonds is 6. The average molecular weight is 326 g/mol. The van der Waals surface area contributed by atoms with E-state index in [0.29, 0.717) is 12.1 Å². The van der Waals surface area contributed by atoms with Gasteiger partial charge in [0.2, 0.25) is 0 Å². The van der Waals surface area contributed by atoms with Crippen LogP contribution in [0.1, 0.15) is 31.1 Å². The fraction of sp³-hybridized carbons (Fsp3) is 0.389. The summed E-state index contributed by atoms with van der Waals surface area (Å²) in [5.74, 6) is 5.61. The number of aromatic nitrogens is 3. The number of benzene rings is 1. The molecule has 1 unspecified atom stereocenters. The van der Waals surface area contributed by atoms with Crippen LogP contribution in [0.4, 0.5) is 0 Å². The molecule has 0 amide bonds. The Morgan fingerprint density at radius 3 is 2.83 bits per heavy atom. The fourth-order valence-electron chi connectivity index (χ4n) is 2.12. The second-order valence-electron chi connectivity index (χ2n) is 5.22. The van der Waals surface area contributed by atoms with Crippen LogP contribution >= 0.6 is 0 Å². The molecule has 0 bridgehead atoms. The topological polar surface area (TPSA) is 60.2 Å². The molecule has 24 heavy (non-hydrogen) atoms. The monoisotopic (exact) mass is 326 g/mol. The number of hydrogen-bond donors (Lipinski definition) is 0. The molecule has 6 nitrogen and oxygen atoms in total. The fourth-order valence-corrected chi connectivity index (χ4v) is 2.12.